The number of hydrogen-bond donors (Lipinski definition) is 1. The average molecular weight is 295 g/mol. The number of esters is 1. The van der Waals surface area contributed by atoms with E-state index in [1.807, 2.05) is 0 Å². The molecule has 0 bridgehead atoms. The Morgan fingerprint density at radius 1 is 1.57 bits per heavy atom. The third-order valence-electron chi connectivity index (χ3n) is 4.10. The number of nitrogens with zero attached hydrogens (tertiary/aromatic N) is 1. The summed E-state index contributed by atoms with van der Waals surface area (Å²) in [6.07, 6.45) is 5.37. The molecule has 2 fully saturated rings. The first-order chi connectivity index (χ1) is 10.1. The van der Waals surface area contributed by atoms with Gasteiger partial charge < -0.3 is 24.2 Å². The van der Waals surface area contributed by atoms with Gasteiger partial charge in [0.15, 0.2) is 0 Å². The molecule has 0 aromatic rings. The predicted octanol–water partition coefficient (Wildman–Crippen LogP) is 1.09. The van der Waals surface area contributed by atoms with Crippen molar-refractivity contribution in [1.82, 2.24) is 0 Å². The lowest BCUT2D eigenvalue weighted by Gasteiger charge is -2.40. The van der Waals surface area contributed by atoms with Crippen LogP contribution in [0.5, 0.6) is 0 Å². The van der Waals surface area contributed by atoms with Gasteiger partial charge in [-0.1, -0.05) is 0 Å². The molecule has 0 aromatic carbocycles. The van der Waals surface area contributed by atoms with Crippen molar-refractivity contribution < 1.29 is 24.1 Å². The number of aliphatic hydroxyl groups excluding tert-OH is 1. The maximum Gasteiger partial charge on any atom is 0.330 e. The minimum atomic E-state index is -0.712. The van der Waals surface area contributed by atoms with Crippen molar-refractivity contribution in [3.63, 3.8) is 0 Å². The summed E-state index contributed by atoms with van der Waals surface area (Å²) in [7, 11) is 1.32. The summed E-state index contributed by atoms with van der Waals surface area (Å²) in [6.45, 7) is 7.17. The third kappa shape index (κ3) is 3.62. The fourth-order valence-corrected chi connectivity index (χ4v) is 3.02. The molecule has 0 aromatic heterocycles. The van der Waals surface area contributed by atoms with Crippen LogP contribution in [0.2, 0.25) is 0 Å². The van der Waals surface area contributed by atoms with Gasteiger partial charge in [0.2, 0.25) is 6.54 Å². The molecular formula is C15H21NO5. The molecule has 0 saturated carbocycles. The molecule has 0 aliphatic carbocycles. The van der Waals surface area contributed by atoms with Crippen LogP contribution in [0.1, 0.15) is 25.7 Å². The maximum atomic E-state index is 11.1. The van der Waals surface area contributed by atoms with Crippen LogP contribution in [0.15, 0.2) is 12.2 Å². The molecule has 0 spiro atoms. The standard InChI is InChI=1S/C15H21NO5/c1-16-8-7-11-3-5-13-15(10-17,21-11)9-12(20-13)4-6-14(18)19-2/h4,6,11-13,17H,3,5,7-10H2,2H3/t11-,12+,13+,15-/m1/s1. The Labute approximate surface area is 124 Å². The molecule has 4 atom stereocenters. The topological polar surface area (TPSA) is 69.4 Å². The fraction of sp³-hybridized carbons (Fsp3) is 0.733. The van der Waals surface area contributed by atoms with E-state index in [2.05, 4.69) is 9.58 Å². The summed E-state index contributed by atoms with van der Waals surface area (Å²) >= 11 is 0. The number of carbonyl (C=O) groups is 1. The number of aliphatic hydroxyl groups is 1. The van der Waals surface area contributed by atoms with Crippen LogP contribution in [-0.4, -0.2) is 55.3 Å². The summed E-state index contributed by atoms with van der Waals surface area (Å²) < 4.78 is 16.5. The number of ether oxygens (including phenoxy) is 3. The lowest BCUT2D eigenvalue weighted by atomic mass is 9.86. The smallest absolute Gasteiger partial charge is 0.330 e. The second-order valence-electron chi connectivity index (χ2n) is 5.46. The van der Waals surface area contributed by atoms with Crippen molar-refractivity contribution in [2.24, 2.45) is 0 Å². The van der Waals surface area contributed by atoms with E-state index >= 15 is 0 Å². The molecule has 1 N–H and O–H groups in total. The summed E-state index contributed by atoms with van der Waals surface area (Å²) in [5.41, 5.74) is -0.712. The number of fused-ring (bicyclic) bond motifs is 1. The van der Waals surface area contributed by atoms with Crippen molar-refractivity contribution in [1.29, 1.82) is 0 Å². The zero-order valence-corrected chi connectivity index (χ0v) is 12.2. The van der Waals surface area contributed by atoms with E-state index < -0.39 is 11.6 Å². The number of hydrogen-bond acceptors (Lipinski definition) is 5. The molecule has 2 aliphatic heterocycles. The van der Waals surface area contributed by atoms with E-state index in [0.717, 1.165) is 12.8 Å². The Balaban J connectivity index is 2.00. The Hall–Kier alpha value is -1.42. The number of methoxy groups -OCH3 is 1. The zero-order valence-electron chi connectivity index (χ0n) is 12.2. The molecule has 116 valence electrons. The van der Waals surface area contributed by atoms with Gasteiger partial charge in [-0.3, -0.25) is 0 Å². The Morgan fingerprint density at radius 2 is 2.38 bits per heavy atom. The van der Waals surface area contributed by atoms with Gasteiger partial charge >= 0.3 is 5.97 Å². The summed E-state index contributed by atoms with van der Waals surface area (Å²) in [4.78, 5) is 14.5. The largest absolute Gasteiger partial charge is 0.466 e. The fourth-order valence-electron chi connectivity index (χ4n) is 3.02. The van der Waals surface area contributed by atoms with Crippen LogP contribution in [0, 0.1) is 6.57 Å². The zero-order chi connectivity index (χ0) is 15.3. The van der Waals surface area contributed by atoms with E-state index in [1.165, 1.54) is 13.2 Å². The third-order valence-corrected chi connectivity index (χ3v) is 4.10. The van der Waals surface area contributed by atoms with Gasteiger partial charge in [0.05, 0.1) is 32.0 Å². The molecule has 2 saturated heterocycles. The van der Waals surface area contributed by atoms with Crippen LogP contribution >= 0.6 is 0 Å². The molecule has 6 heteroatoms. The molecule has 6 nitrogen and oxygen atoms in total. The summed E-state index contributed by atoms with van der Waals surface area (Å²) in [6, 6.07) is 0. The van der Waals surface area contributed by atoms with Crippen molar-refractivity contribution in [3.8, 4) is 0 Å². The molecule has 21 heavy (non-hydrogen) atoms. The molecule has 2 rings (SSSR count). The molecular weight excluding hydrogens is 274 g/mol. The van der Waals surface area contributed by atoms with Crippen LogP contribution in [0.4, 0.5) is 0 Å². The van der Waals surface area contributed by atoms with Gasteiger partial charge in [0.1, 0.15) is 5.60 Å². The Bertz CT molecular complexity index is 444. The average Bonchev–Trinajstić information content (AvgIpc) is 2.88. The van der Waals surface area contributed by atoms with Crippen LogP contribution in [-0.2, 0) is 19.0 Å². The second kappa shape index (κ2) is 7.03. The highest BCUT2D eigenvalue weighted by Gasteiger charge is 2.52. The van der Waals surface area contributed by atoms with E-state index in [0.29, 0.717) is 19.4 Å². The van der Waals surface area contributed by atoms with E-state index in [1.54, 1.807) is 6.08 Å². The van der Waals surface area contributed by atoms with Gasteiger partial charge in [-0.05, 0) is 18.9 Å². The highest BCUT2D eigenvalue weighted by molar-refractivity contribution is 5.81. The lowest BCUT2D eigenvalue weighted by Crippen LogP contribution is -2.51. The predicted molar refractivity (Wildman–Crippen MR) is 74.4 cm³/mol. The SMILES string of the molecule is [C-]#[N+]CC[C@H]1CC[C@@H]2O[C@@H](C=CC(=O)OC)C[C@]2(CO)O1. The van der Waals surface area contributed by atoms with E-state index in [-0.39, 0.29) is 24.9 Å². The first-order valence-electron chi connectivity index (χ1n) is 7.17. The number of carbonyl (C=O) groups excluding carboxylic acids is 1. The van der Waals surface area contributed by atoms with Gasteiger partial charge in [-0.15, -0.1) is 0 Å². The Morgan fingerprint density at radius 3 is 3.05 bits per heavy atom. The number of rotatable bonds is 5. The van der Waals surface area contributed by atoms with Crippen molar-refractivity contribution in [2.45, 2.75) is 49.6 Å². The summed E-state index contributed by atoms with van der Waals surface area (Å²) in [5, 5.41) is 9.76. The maximum absolute atomic E-state index is 11.1. The highest BCUT2D eigenvalue weighted by atomic mass is 16.6. The van der Waals surface area contributed by atoms with E-state index in [4.69, 9.17) is 16.0 Å². The van der Waals surface area contributed by atoms with Crippen LogP contribution < -0.4 is 0 Å². The van der Waals surface area contributed by atoms with Crippen molar-refractivity contribution >= 4 is 5.97 Å². The minimum Gasteiger partial charge on any atom is -0.466 e. The first kappa shape index (κ1) is 16.0. The second-order valence-corrected chi connectivity index (χ2v) is 5.46. The van der Waals surface area contributed by atoms with Crippen LogP contribution in [0.25, 0.3) is 4.85 Å². The summed E-state index contributed by atoms with van der Waals surface area (Å²) in [5.74, 6) is -0.428. The Kier molecular flexibility index (Phi) is 5.34. The molecule has 0 radical (unpaired) electrons. The monoisotopic (exact) mass is 295 g/mol. The quantitative estimate of drug-likeness (QED) is 0.467. The first-order valence-corrected chi connectivity index (χ1v) is 7.17. The van der Waals surface area contributed by atoms with Crippen molar-refractivity contribution in [3.05, 3.63) is 23.6 Å². The molecule has 0 amide bonds. The van der Waals surface area contributed by atoms with E-state index in [9.17, 15) is 9.90 Å². The van der Waals surface area contributed by atoms with Gasteiger partial charge in [-0.2, -0.15) is 0 Å². The lowest BCUT2D eigenvalue weighted by molar-refractivity contribution is -0.182. The molecule has 0 unspecified atom stereocenters. The van der Waals surface area contributed by atoms with Crippen LogP contribution in [0.3, 0.4) is 0 Å². The molecule has 2 aliphatic rings. The highest BCUT2D eigenvalue weighted by Crippen LogP contribution is 2.42. The van der Waals surface area contributed by atoms with Gasteiger partial charge in [-0.25, -0.2) is 11.4 Å². The van der Waals surface area contributed by atoms with Crippen molar-refractivity contribution in [2.75, 3.05) is 20.3 Å². The molecule has 2 heterocycles. The van der Waals surface area contributed by atoms with Gasteiger partial charge in [0, 0.05) is 18.9 Å². The minimum absolute atomic E-state index is 0.00515. The van der Waals surface area contributed by atoms with Gasteiger partial charge in [0.25, 0.3) is 0 Å². The normalized spacial score (nSPS) is 35.4.